The second kappa shape index (κ2) is 13.2. The van der Waals surface area contributed by atoms with E-state index in [4.69, 9.17) is 14.2 Å². The van der Waals surface area contributed by atoms with Gasteiger partial charge in [-0.3, -0.25) is 19.3 Å². The van der Waals surface area contributed by atoms with Gasteiger partial charge < -0.3 is 23.7 Å². The number of rotatable bonds is 12. The van der Waals surface area contributed by atoms with Crippen LogP contribution in [0.3, 0.4) is 0 Å². The van der Waals surface area contributed by atoms with Gasteiger partial charge in [0.25, 0.3) is 0 Å². The lowest BCUT2D eigenvalue weighted by molar-refractivity contribution is -0.146. The maximum atomic E-state index is 14.3. The highest BCUT2D eigenvalue weighted by Crippen LogP contribution is 2.45. The Balaban J connectivity index is 1.75. The molecule has 3 aromatic rings. The average molecular weight is 548 g/mol. The first kappa shape index (κ1) is 28.7. The first-order valence-electron chi connectivity index (χ1n) is 13.7. The van der Waals surface area contributed by atoms with Gasteiger partial charge >= 0.3 is 5.97 Å². The van der Waals surface area contributed by atoms with Crippen LogP contribution in [0.4, 0.5) is 5.69 Å². The van der Waals surface area contributed by atoms with E-state index in [-0.39, 0.29) is 37.8 Å². The molecule has 0 saturated carbocycles. The molecule has 1 aliphatic rings. The van der Waals surface area contributed by atoms with E-state index >= 15 is 0 Å². The summed E-state index contributed by atoms with van der Waals surface area (Å²) in [7, 11) is 3.20. The number of fused-ring (bicyclic) bond motifs is 3. The van der Waals surface area contributed by atoms with E-state index in [9.17, 15) is 14.4 Å². The second-order valence-corrected chi connectivity index (χ2v) is 9.54. The summed E-state index contributed by atoms with van der Waals surface area (Å²) in [6.07, 6.45) is 3.54. The van der Waals surface area contributed by atoms with Gasteiger partial charge in [0, 0.05) is 24.7 Å². The molecule has 0 fully saturated rings. The second-order valence-electron chi connectivity index (χ2n) is 9.54. The molecule has 0 aliphatic carbocycles. The summed E-state index contributed by atoms with van der Waals surface area (Å²) in [4.78, 5) is 42.7. The van der Waals surface area contributed by atoms with E-state index in [0.29, 0.717) is 18.0 Å². The predicted molar refractivity (Wildman–Crippen MR) is 152 cm³/mol. The summed E-state index contributed by atoms with van der Waals surface area (Å²) in [6, 6.07) is 16.6. The van der Waals surface area contributed by atoms with E-state index in [1.54, 1.807) is 30.9 Å². The fourth-order valence-electron chi connectivity index (χ4n) is 5.09. The Labute approximate surface area is 235 Å². The number of nitrogens with zero attached hydrogens (tertiary/aromatic N) is 3. The number of methoxy groups -OCH3 is 2. The van der Waals surface area contributed by atoms with Gasteiger partial charge in [0.2, 0.25) is 11.8 Å². The van der Waals surface area contributed by atoms with Crippen molar-refractivity contribution < 1.29 is 28.6 Å². The van der Waals surface area contributed by atoms with Crippen LogP contribution in [-0.2, 0) is 19.1 Å². The minimum atomic E-state index is -0.537. The number of unbranched alkanes of at least 4 members (excludes halogenated alkanes) is 1. The number of amides is 2. The first-order chi connectivity index (χ1) is 19.4. The Morgan fingerprint density at radius 2 is 1.70 bits per heavy atom. The summed E-state index contributed by atoms with van der Waals surface area (Å²) in [5.41, 5.74) is 3.23. The number of hydrogen-bond acceptors (Lipinski definition) is 6. The first-order valence-corrected chi connectivity index (χ1v) is 13.7. The molecule has 1 aromatic heterocycles. The van der Waals surface area contributed by atoms with Crippen LogP contribution in [0, 0.1) is 0 Å². The van der Waals surface area contributed by atoms with Crippen molar-refractivity contribution in [2.24, 2.45) is 0 Å². The van der Waals surface area contributed by atoms with Gasteiger partial charge in [-0.05, 0) is 55.8 Å². The number of hydrogen-bond donors (Lipinski definition) is 0. The number of carbonyl (C=O) groups is 3. The van der Waals surface area contributed by atoms with E-state index < -0.39 is 12.0 Å². The van der Waals surface area contributed by atoms with Crippen LogP contribution in [0.25, 0.3) is 5.69 Å². The number of carbonyl (C=O) groups excluding carboxylic acids is 3. The molecule has 0 spiro atoms. The fourth-order valence-corrected chi connectivity index (χ4v) is 5.09. The van der Waals surface area contributed by atoms with Gasteiger partial charge in [0.15, 0.2) is 0 Å². The minimum absolute atomic E-state index is 0.0115. The normalized spacial score (nSPS) is 13.7. The van der Waals surface area contributed by atoms with Crippen LogP contribution in [0.15, 0.2) is 60.8 Å². The number of benzene rings is 2. The third kappa shape index (κ3) is 5.98. The lowest BCUT2D eigenvalue weighted by Crippen LogP contribution is -2.47. The molecule has 40 heavy (non-hydrogen) atoms. The van der Waals surface area contributed by atoms with Crippen molar-refractivity contribution in [2.45, 2.75) is 45.6 Å². The highest BCUT2D eigenvalue weighted by Gasteiger charge is 2.38. The van der Waals surface area contributed by atoms with Gasteiger partial charge in [0.05, 0.1) is 44.3 Å². The van der Waals surface area contributed by atoms with E-state index in [1.165, 1.54) is 0 Å². The number of ether oxygens (including phenoxy) is 3. The zero-order valence-electron chi connectivity index (χ0n) is 23.6. The molecule has 9 heteroatoms. The Kier molecular flexibility index (Phi) is 9.47. The van der Waals surface area contributed by atoms with Gasteiger partial charge in [-0.25, -0.2) is 0 Å². The molecular weight excluding hydrogens is 510 g/mol. The summed E-state index contributed by atoms with van der Waals surface area (Å²) in [5, 5.41) is 0. The van der Waals surface area contributed by atoms with Crippen LogP contribution in [0.5, 0.6) is 11.5 Å². The Hall–Kier alpha value is -4.27. The Morgan fingerprint density at radius 3 is 2.40 bits per heavy atom. The summed E-state index contributed by atoms with van der Waals surface area (Å²) < 4.78 is 18.3. The molecular formula is C31H37N3O6. The largest absolute Gasteiger partial charge is 0.497 e. The Bertz CT molecular complexity index is 1350. The molecule has 4 rings (SSSR count). The summed E-state index contributed by atoms with van der Waals surface area (Å²) >= 11 is 0. The summed E-state index contributed by atoms with van der Waals surface area (Å²) in [6.45, 7) is 4.31. The monoisotopic (exact) mass is 547 g/mol. The lowest BCUT2D eigenvalue weighted by Gasteiger charge is -2.40. The molecule has 1 aliphatic heterocycles. The maximum Gasteiger partial charge on any atom is 0.306 e. The van der Waals surface area contributed by atoms with Crippen molar-refractivity contribution in [1.82, 2.24) is 9.47 Å². The lowest BCUT2D eigenvalue weighted by atomic mass is 9.96. The molecule has 0 N–H and O–H groups in total. The molecule has 1 atom stereocenters. The van der Waals surface area contributed by atoms with Gasteiger partial charge in [-0.15, -0.1) is 0 Å². The molecule has 2 aromatic carbocycles. The molecule has 0 saturated heterocycles. The standard InChI is InChI=1S/C31H37N3O6/c1-5-7-18-32(28(35)16-17-30(37)40-6-2)21-29(36)34-25-12-9-8-11-24(25)33-19-10-13-26(33)31(34)23-20-22(38-3)14-15-27(23)39-4/h8-15,19-20,31H,5-7,16-18,21H2,1-4H3. The molecule has 1 unspecified atom stereocenters. The van der Waals surface area contributed by atoms with Gasteiger partial charge in [-0.2, -0.15) is 0 Å². The maximum absolute atomic E-state index is 14.3. The fraction of sp³-hybridized carbons (Fsp3) is 0.387. The smallest absolute Gasteiger partial charge is 0.306 e. The SMILES string of the molecule is CCCCN(CC(=O)N1c2ccccc2-n2cccc2C1c1cc(OC)ccc1OC)C(=O)CCC(=O)OCC. The van der Waals surface area contributed by atoms with Crippen LogP contribution in [-0.4, -0.2) is 61.2 Å². The number of anilines is 1. The predicted octanol–water partition coefficient (Wildman–Crippen LogP) is 4.90. The van der Waals surface area contributed by atoms with Crippen LogP contribution in [0.1, 0.15) is 56.8 Å². The van der Waals surface area contributed by atoms with Crippen LogP contribution >= 0.6 is 0 Å². The summed E-state index contributed by atoms with van der Waals surface area (Å²) in [5.74, 6) is 0.339. The third-order valence-corrected chi connectivity index (χ3v) is 7.03. The zero-order chi connectivity index (χ0) is 28.6. The van der Waals surface area contributed by atoms with Crippen molar-refractivity contribution in [3.63, 3.8) is 0 Å². The van der Waals surface area contributed by atoms with E-state index in [1.807, 2.05) is 67.7 Å². The van der Waals surface area contributed by atoms with Crippen LogP contribution in [0.2, 0.25) is 0 Å². The number of esters is 1. The van der Waals surface area contributed by atoms with Crippen molar-refractivity contribution in [2.75, 3.05) is 38.8 Å². The number of aromatic nitrogens is 1. The van der Waals surface area contributed by atoms with Crippen molar-refractivity contribution in [1.29, 1.82) is 0 Å². The van der Waals surface area contributed by atoms with Crippen molar-refractivity contribution in [3.8, 4) is 17.2 Å². The molecule has 2 heterocycles. The van der Waals surface area contributed by atoms with Gasteiger partial charge in [-0.1, -0.05) is 25.5 Å². The average Bonchev–Trinajstić information content (AvgIpc) is 3.47. The highest BCUT2D eigenvalue weighted by molar-refractivity contribution is 6.00. The molecule has 212 valence electrons. The molecule has 0 radical (unpaired) electrons. The molecule has 0 bridgehead atoms. The zero-order valence-corrected chi connectivity index (χ0v) is 23.6. The minimum Gasteiger partial charge on any atom is -0.497 e. The van der Waals surface area contributed by atoms with Crippen molar-refractivity contribution >= 4 is 23.5 Å². The Morgan fingerprint density at radius 1 is 0.925 bits per heavy atom. The molecule has 2 amide bonds. The quantitative estimate of drug-likeness (QED) is 0.300. The highest BCUT2D eigenvalue weighted by atomic mass is 16.5. The van der Waals surface area contributed by atoms with Gasteiger partial charge in [0.1, 0.15) is 24.1 Å². The van der Waals surface area contributed by atoms with E-state index in [2.05, 4.69) is 4.57 Å². The molecule has 9 nitrogen and oxygen atoms in total. The van der Waals surface area contributed by atoms with E-state index in [0.717, 1.165) is 35.5 Å². The number of para-hydroxylation sites is 2. The van der Waals surface area contributed by atoms with Crippen molar-refractivity contribution in [3.05, 3.63) is 72.1 Å². The third-order valence-electron chi connectivity index (χ3n) is 7.03. The van der Waals surface area contributed by atoms with Crippen LogP contribution < -0.4 is 14.4 Å². The topological polar surface area (TPSA) is 90.3 Å².